The van der Waals surface area contributed by atoms with E-state index in [4.69, 9.17) is 9.15 Å². The fraction of sp³-hybridized carbons (Fsp3) is 0.211. The Bertz CT molecular complexity index is 985. The highest BCUT2D eigenvalue weighted by Crippen LogP contribution is 2.13. The van der Waals surface area contributed by atoms with Crippen molar-refractivity contribution in [1.82, 2.24) is 4.57 Å². The first-order valence-electron chi connectivity index (χ1n) is 8.24. The number of esters is 1. The maximum absolute atomic E-state index is 12.2. The molecule has 3 rings (SSSR count). The van der Waals surface area contributed by atoms with Crippen LogP contribution < -0.4 is 11.1 Å². The van der Waals surface area contributed by atoms with Crippen molar-refractivity contribution in [2.75, 3.05) is 11.9 Å². The van der Waals surface area contributed by atoms with E-state index in [2.05, 4.69) is 5.32 Å². The van der Waals surface area contributed by atoms with Gasteiger partial charge in [0.25, 0.3) is 0 Å². The van der Waals surface area contributed by atoms with E-state index in [1.54, 1.807) is 48.5 Å². The second kappa shape index (κ2) is 7.69. The SMILES string of the molecule is CCCOC(=O)c1ccc(NC(=O)Cn2c(=O)oc3ccccc32)cc1. The molecule has 26 heavy (non-hydrogen) atoms. The zero-order chi connectivity index (χ0) is 18.5. The minimum atomic E-state index is -0.588. The van der Waals surface area contributed by atoms with E-state index in [-0.39, 0.29) is 12.5 Å². The van der Waals surface area contributed by atoms with Gasteiger partial charge >= 0.3 is 11.7 Å². The molecule has 0 atom stereocenters. The number of fused-ring (bicyclic) bond motifs is 1. The van der Waals surface area contributed by atoms with Crippen LogP contribution in [0.1, 0.15) is 23.7 Å². The van der Waals surface area contributed by atoms with Gasteiger partial charge in [-0.2, -0.15) is 0 Å². The van der Waals surface area contributed by atoms with Crippen LogP contribution >= 0.6 is 0 Å². The summed E-state index contributed by atoms with van der Waals surface area (Å²) in [7, 11) is 0. The molecule has 0 aliphatic rings. The van der Waals surface area contributed by atoms with Crippen LogP contribution in [0.2, 0.25) is 0 Å². The standard InChI is InChI=1S/C19H18N2O5/c1-2-11-25-18(23)13-7-9-14(10-8-13)20-17(22)12-21-15-5-3-4-6-16(15)26-19(21)24/h3-10H,2,11-12H2,1H3,(H,20,22). The van der Waals surface area contributed by atoms with Crippen molar-refractivity contribution in [3.63, 3.8) is 0 Å². The number of ether oxygens (including phenoxy) is 1. The summed E-state index contributed by atoms with van der Waals surface area (Å²) < 4.78 is 11.4. The van der Waals surface area contributed by atoms with Crippen molar-refractivity contribution >= 4 is 28.7 Å². The molecular formula is C19H18N2O5. The van der Waals surface area contributed by atoms with Gasteiger partial charge in [0.2, 0.25) is 5.91 Å². The van der Waals surface area contributed by atoms with E-state index in [0.717, 1.165) is 6.42 Å². The monoisotopic (exact) mass is 354 g/mol. The van der Waals surface area contributed by atoms with Crippen LogP contribution in [0.15, 0.2) is 57.7 Å². The smallest absolute Gasteiger partial charge is 0.420 e. The summed E-state index contributed by atoms with van der Waals surface area (Å²) in [5.41, 5.74) is 1.92. The fourth-order valence-corrected chi connectivity index (χ4v) is 2.48. The summed E-state index contributed by atoms with van der Waals surface area (Å²) in [6.45, 7) is 2.11. The maximum atomic E-state index is 12.2. The molecule has 0 spiro atoms. The molecule has 3 aromatic rings. The van der Waals surface area contributed by atoms with Crippen molar-refractivity contribution in [3.05, 3.63) is 64.6 Å². The second-order valence-corrected chi connectivity index (χ2v) is 5.68. The molecule has 0 fully saturated rings. The predicted molar refractivity (Wildman–Crippen MR) is 96.1 cm³/mol. The molecule has 1 amide bonds. The van der Waals surface area contributed by atoms with Crippen LogP contribution in [0.3, 0.4) is 0 Å². The molecule has 0 saturated carbocycles. The number of amides is 1. The maximum Gasteiger partial charge on any atom is 0.420 e. The summed E-state index contributed by atoms with van der Waals surface area (Å²) in [5, 5.41) is 2.69. The van der Waals surface area contributed by atoms with Gasteiger partial charge in [-0.15, -0.1) is 0 Å². The quantitative estimate of drug-likeness (QED) is 0.688. The molecular weight excluding hydrogens is 336 g/mol. The third kappa shape index (κ3) is 3.83. The van der Waals surface area contributed by atoms with Gasteiger partial charge < -0.3 is 14.5 Å². The van der Waals surface area contributed by atoms with Gasteiger partial charge in [-0.05, 0) is 42.8 Å². The lowest BCUT2D eigenvalue weighted by molar-refractivity contribution is -0.116. The number of aromatic nitrogens is 1. The fourth-order valence-electron chi connectivity index (χ4n) is 2.48. The average Bonchev–Trinajstić information content (AvgIpc) is 2.96. The van der Waals surface area contributed by atoms with Crippen molar-refractivity contribution < 1.29 is 18.7 Å². The zero-order valence-corrected chi connectivity index (χ0v) is 14.2. The minimum Gasteiger partial charge on any atom is -0.462 e. The second-order valence-electron chi connectivity index (χ2n) is 5.68. The van der Waals surface area contributed by atoms with Gasteiger partial charge in [0, 0.05) is 5.69 Å². The third-order valence-electron chi connectivity index (χ3n) is 3.72. The van der Waals surface area contributed by atoms with Gasteiger partial charge in [0.05, 0.1) is 17.7 Å². The van der Waals surface area contributed by atoms with Crippen LogP contribution in [0.4, 0.5) is 5.69 Å². The number of anilines is 1. The van der Waals surface area contributed by atoms with E-state index < -0.39 is 11.7 Å². The Labute approximate surface area is 149 Å². The lowest BCUT2D eigenvalue weighted by Gasteiger charge is -2.07. The average molecular weight is 354 g/mol. The number of oxazole rings is 1. The number of nitrogens with one attached hydrogen (secondary N) is 1. The zero-order valence-electron chi connectivity index (χ0n) is 14.2. The summed E-state index contributed by atoms with van der Waals surface area (Å²) in [6.07, 6.45) is 0.752. The van der Waals surface area contributed by atoms with Crippen molar-refractivity contribution in [3.8, 4) is 0 Å². The normalized spacial score (nSPS) is 10.7. The Balaban J connectivity index is 1.67. The van der Waals surface area contributed by atoms with E-state index in [1.165, 1.54) is 4.57 Å². The summed E-state index contributed by atoms with van der Waals surface area (Å²) >= 11 is 0. The number of hydrogen-bond acceptors (Lipinski definition) is 5. The highest BCUT2D eigenvalue weighted by Gasteiger charge is 2.13. The van der Waals surface area contributed by atoms with Crippen LogP contribution in [0.5, 0.6) is 0 Å². The Kier molecular flexibility index (Phi) is 5.17. The van der Waals surface area contributed by atoms with Gasteiger partial charge in [-0.1, -0.05) is 19.1 Å². The number of para-hydroxylation sites is 2. The first-order chi connectivity index (χ1) is 12.6. The predicted octanol–water partition coefficient (Wildman–Crippen LogP) is 2.80. The molecule has 0 saturated heterocycles. The highest BCUT2D eigenvalue weighted by molar-refractivity contribution is 5.93. The molecule has 0 aliphatic heterocycles. The molecule has 7 heteroatoms. The Morgan fingerprint density at radius 2 is 1.85 bits per heavy atom. The largest absolute Gasteiger partial charge is 0.462 e. The molecule has 2 aromatic carbocycles. The van der Waals surface area contributed by atoms with E-state index in [1.807, 2.05) is 6.92 Å². The lowest BCUT2D eigenvalue weighted by atomic mass is 10.2. The summed E-state index contributed by atoms with van der Waals surface area (Å²) in [5.74, 6) is -1.36. The van der Waals surface area contributed by atoms with Crippen LogP contribution in [0.25, 0.3) is 11.1 Å². The van der Waals surface area contributed by atoms with Crippen LogP contribution in [-0.2, 0) is 16.1 Å². The first-order valence-corrected chi connectivity index (χ1v) is 8.24. The topological polar surface area (TPSA) is 90.5 Å². The first kappa shape index (κ1) is 17.5. The highest BCUT2D eigenvalue weighted by atomic mass is 16.5. The number of carbonyl (C=O) groups excluding carboxylic acids is 2. The van der Waals surface area contributed by atoms with E-state index >= 15 is 0 Å². The van der Waals surface area contributed by atoms with Gasteiger partial charge in [0.15, 0.2) is 5.58 Å². The number of carbonyl (C=O) groups is 2. The molecule has 0 bridgehead atoms. The Hall–Kier alpha value is -3.35. The summed E-state index contributed by atoms with van der Waals surface area (Å²) in [4.78, 5) is 35.9. The summed E-state index contributed by atoms with van der Waals surface area (Å²) in [6, 6.07) is 13.3. The molecule has 0 radical (unpaired) electrons. The van der Waals surface area contributed by atoms with E-state index in [0.29, 0.717) is 29.0 Å². The number of nitrogens with zero attached hydrogens (tertiary/aromatic N) is 1. The van der Waals surface area contributed by atoms with E-state index in [9.17, 15) is 14.4 Å². The van der Waals surface area contributed by atoms with Crippen LogP contribution in [0, 0.1) is 0 Å². The van der Waals surface area contributed by atoms with Gasteiger partial charge in [-0.25, -0.2) is 9.59 Å². The molecule has 1 heterocycles. The van der Waals surface area contributed by atoms with Gasteiger partial charge in [-0.3, -0.25) is 9.36 Å². The number of benzene rings is 2. The molecule has 0 aliphatic carbocycles. The Morgan fingerprint density at radius 3 is 2.58 bits per heavy atom. The van der Waals surface area contributed by atoms with Crippen molar-refractivity contribution in [1.29, 1.82) is 0 Å². The van der Waals surface area contributed by atoms with Gasteiger partial charge in [0.1, 0.15) is 6.54 Å². The Morgan fingerprint density at radius 1 is 1.12 bits per heavy atom. The number of hydrogen-bond donors (Lipinski definition) is 1. The minimum absolute atomic E-state index is 0.170. The molecule has 1 N–H and O–H groups in total. The molecule has 7 nitrogen and oxygen atoms in total. The molecule has 1 aromatic heterocycles. The molecule has 134 valence electrons. The third-order valence-corrected chi connectivity index (χ3v) is 3.72. The lowest BCUT2D eigenvalue weighted by Crippen LogP contribution is -2.24. The molecule has 0 unspecified atom stereocenters. The number of rotatable bonds is 6. The van der Waals surface area contributed by atoms with Crippen LogP contribution in [-0.4, -0.2) is 23.1 Å². The van der Waals surface area contributed by atoms with Crippen molar-refractivity contribution in [2.45, 2.75) is 19.9 Å². The van der Waals surface area contributed by atoms with Crippen molar-refractivity contribution in [2.24, 2.45) is 0 Å².